The van der Waals surface area contributed by atoms with Crippen molar-refractivity contribution >= 4 is 11.7 Å². The molecule has 0 aliphatic heterocycles. The van der Waals surface area contributed by atoms with Crippen molar-refractivity contribution in [2.75, 3.05) is 18.9 Å². The number of nitrogens with zero attached hydrogens (tertiary/aromatic N) is 3. The third kappa shape index (κ3) is 3.53. The van der Waals surface area contributed by atoms with Gasteiger partial charge < -0.3 is 10.6 Å². The molecule has 0 bridgehead atoms. The highest BCUT2D eigenvalue weighted by atomic mass is 16.1. The fraction of sp³-hybridized carbons (Fsp3) is 0.625. The Hall–Kier alpha value is -1.43. The van der Waals surface area contributed by atoms with Crippen LogP contribution >= 0.6 is 0 Å². The number of aromatic nitrogens is 3. The van der Waals surface area contributed by atoms with Gasteiger partial charge in [-0.15, -0.1) is 5.10 Å². The van der Waals surface area contributed by atoms with Crippen molar-refractivity contribution in [1.29, 1.82) is 0 Å². The van der Waals surface area contributed by atoms with E-state index in [1.165, 1.54) is 6.92 Å². The third-order valence-electron chi connectivity index (χ3n) is 1.63. The number of carbonyl (C=O) groups excluding carboxylic acids is 1. The van der Waals surface area contributed by atoms with E-state index in [1.54, 1.807) is 11.0 Å². The Labute approximate surface area is 82.7 Å². The lowest BCUT2D eigenvalue weighted by atomic mass is 10.4. The number of hydrogen-bond donors (Lipinski definition) is 2. The summed E-state index contributed by atoms with van der Waals surface area (Å²) in [7, 11) is 1.90. The molecule has 14 heavy (non-hydrogen) atoms. The van der Waals surface area contributed by atoms with Gasteiger partial charge in [0, 0.05) is 6.92 Å². The number of rotatable bonds is 5. The zero-order valence-corrected chi connectivity index (χ0v) is 8.45. The Bertz CT molecular complexity index is 296. The second kappa shape index (κ2) is 5.33. The van der Waals surface area contributed by atoms with Crippen LogP contribution in [0.25, 0.3) is 0 Å². The maximum atomic E-state index is 10.7. The Morgan fingerprint density at radius 2 is 2.43 bits per heavy atom. The Morgan fingerprint density at radius 3 is 3.07 bits per heavy atom. The number of amides is 1. The van der Waals surface area contributed by atoms with Crippen LogP contribution in [0.3, 0.4) is 0 Å². The van der Waals surface area contributed by atoms with Gasteiger partial charge in [0.05, 0.1) is 12.7 Å². The minimum atomic E-state index is -0.132. The highest BCUT2D eigenvalue weighted by molar-refractivity contribution is 5.87. The fourth-order valence-corrected chi connectivity index (χ4v) is 1.04. The van der Waals surface area contributed by atoms with Crippen molar-refractivity contribution in [2.45, 2.75) is 19.9 Å². The third-order valence-corrected chi connectivity index (χ3v) is 1.63. The van der Waals surface area contributed by atoms with E-state index in [1.807, 2.05) is 7.05 Å². The summed E-state index contributed by atoms with van der Waals surface area (Å²) in [6.07, 6.45) is 2.51. The predicted octanol–water partition coefficient (Wildman–Crippen LogP) is -0.154. The Morgan fingerprint density at radius 1 is 1.64 bits per heavy atom. The van der Waals surface area contributed by atoms with Gasteiger partial charge in [-0.05, 0) is 20.0 Å². The van der Waals surface area contributed by atoms with E-state index in [4.69, 9.17) is 0 Å². The van der Waals surface area contributed by atoms with Crippen LogP contribution in [0.1, 0.15) is 13.3 Å². The first-order valence-corrected chi connectivity index (χ1v) is 4.54. The van der Waals surface area contributed by atoms with E-state index in [-0.39, 0.29) is 5.91 Å². The average Bonchev–Trinajstić information content (AvgIpc) is 2.52. The van der Waals surface area contributed by atoms with E-state index >= 15 is 0 Å². The zero-order valence-electron chi connectivity index (χ0n) is 8.45. The van der Waals surface area contributed by atoms with Crippen molar-refractivity contribution in [3.05, 3.63) is 6.20 Å². The van der Waals surface area contributed by atoms with Crippen molar-refractivity contribution < 1.29 is 4.79 Å². The summed E-state index contributed by atoms with van der Waals surface area (Å²) >= 11 is 0. The molecule has 0 unspecified atom stereocenters. The molecule has 1 aromatic heterocycles. The topological polar surface area (TPSA) is 71.8 Å². The number of anilines is 1. The standard InChI is InChI=1S/C8H15N5O/c1-7(14)11-8-6-10-13(12-8)5-3-4-9-2/h6,9H,3-5H2,1-2H3,(H,11,12,14). The molecule has 1 amide bonds. The first-order chi connectivity index (χ1) is 6.72. The Balaban J connectivity index is 2.38. The molecule has 1 heterocycles. The van der Waals surface area contributed by atoms with Crippen LogP contribution in [0, 0.1) is 0 Å². The summed E-state index contributed by atoms with van der Waals surface area (Å²) in [5.74, 6) is 0.370. The largest absolute Gasteiger partial charge is 0.320 e. The summed E-state index contributed by atoms with van der Waals surface area (Å²) in [4.78, 5) is 12.3. The van der Waals surface area contributed by atoms with E-state index in [2.05, 4.69) is 20.8 Å². The molecule has 1 rings (SSSR count). The molecule has 0 aromatic carbocycles. The number of hydrogen-bond acceptors (Lipinski definition) is 4. The molecule has 0 saturated carbocycles. The van der Waals surface area contributed by atoms with Gasteiger partial charge in [-0.2, -0.15) is 9.90 Å². The molecule has 0 radical (unpaired) electrons. The lowest BCUT2D eigenvalue weighted by Crippen LogP contribution is -2.13. The highest BCUT2D eigenvalue weighted by Gasteiger charge is 2.00. The monoisotopic (exact) mass is 197 g/mol. The van der Waals surface area contributed by atoms with Gasteiger partial charge in [-0.3, -0.25) is 4.79 Å². The van der Waals surface area contributed by atoms with Crippen LogP contribution in [0.15, 0.2) is 6.20 Å². The van der Waals surface area contributed by atoms with Gasteiger partial charge in [0.1, 0.15) is 0 Å². The second-order valence-corrected chi connectivity index (χ2v) is 2.96. The van der Waals surface area contributed by atoms with Gasteiger partial charge in [-0.25, -0.2) is 0 Å². The van der Waals surface area contributed by atoms with Crippen LogP contribution < -0.4 is 10.6 Å². The lowest BCUT2D eigenvalue weighted by Gasteiger charge is -1.98. The SMILES string of the molecule is CNCCCn1ncc(NC(C)=O)n1. The van der Waals surface area contributed by atoms with Gasteiger partial charge in [0.2, 0.25) is 5.91 Å². The van der Waals surface area contributed by atoms with Gasteiger partial charge in [0.25, 0.3) is 0 Å². The van der Waals surface area contributed by atoms with Crippen molar-refractivity contribution in [3.63, 3.8) is 0 Å². The molecule has 6 heteroatoms. The highest BCUT2D eigenvalue weighted by Crippen LogP contribution is 1.98. The van der Waals surface area contributed by atoms with Crippen LogP contribution in [0.2, 0.25) is 0 Å². The summed E-state index contributed by atoms with van der Waals surface area (Å²) in [5, 5.41) is 13.7. The average molecular weight is 197 g/mol. The quantitative estimate of drug-likeness (QED) is 0.644. The maximum Gasteiger partial charge on any atom is 0.222 e. The summed E-state index contributed by atoms with van der Waals surface area (Å²) < 4.78 is 0. The molecular weight excluding hydrogens is 182 g/mol. The predicted molar refractivity (Wildman–Crippen MR) is 52.9 cm³/mol. The molecule has 78 valence electrons. The molecule has 0 spiro atoms. The minimum absolute atomic E-state index is 0.132. The van der Waals surface area contributed by atoms with Gasteiger partial charge in [0.15, 0.2) is 5.82 Å². The van der Waals surface area contributed by atoms with Gasteiger partial charge in [-0.1, -0.05) is 0 Å². The van der Waals surface area contributed by atoms with Crippen LogP contribution in [0.5, 0.6) is 0 Å². The molecule has 0 aliphatic carbocycles. The first-order valence-electron chi connectivity index (χ1n) is 4.54. The molecule has 0 aliphatic rings. The van der Waals surface area contributed by atoms with E-state index in [0.717, 1.165) is 19.5 Å². The lowest BCUT2D eigenvalue weighted by molar-refractivity contribution is -0.114. The van der Waals surface area contributed by atoms with E-state index < -0.39 is 0 Å². The molecule has 0 saturated heterocycles. The van der Waals surface area contributed by atoms with Crippen LogP contribution in [-0.2, 0) is 11.3 Å². The molecule has 1 aromatic rings. The molecule has 0 atom stereocenters. The summed E-state index contributed by atoms with van der Waals surface area (Å²) in [5.41, 5.74) is 0. The van der Waals surface area contributed by atoms with Gasteiger partial charge >= 0.3 is 0 Å². The van der Waals surface area contributed by atoms with E-state index in [9.17, 15) is 4.79 Å². The number of nitrogens with one attached hydrogen (secondary N) is 2. The number of aryl methyl sites for hydroxylation is 1. The fourth-order valence-electron chi connectivity index (χ4n) is 1.04. The Kier molecular flexibility index (Phi) is 4.06. The smallest absolute Gasteiger partial charge is 0.222 e. The van der Waals surface area contributed by atoms with E-state index in [0.29, 0.717) is 5.82 Å². The molecule has 0 fully saturated rings. The first kappa shape index (κ1) is 10.6. The number of carbonyl (C=O) groups is 1. The minimum Gasteiger partial charge on any atom is -0.320 e. The van der Waals surface area contributed by atoms with Crippen molar-refractivity contribution in [1.82, 2.24) is 20.3 Å². The zero-order chi connectivity index (χ0) is 10.4. The van der Waals surface area contributed by atoms with Crippen molar-refractivity contribution in [2.24, 2.45) is 0 Å². The summed E-state index contributed by atoms with van der Waals surface area (Å²) in [6, 6.07) is 0. The molecule has 6 nitrogen and oxygen atoms in total. The van der Waals surface area contributed by atoms with Crippen molar-refractivity contribution in [3.8, 4) is 0 Å². The van der Waals surface area contributed by atoms with Crippen LogP contribution in [0.4, 0.5) is 5.82 Å². The normalized spacial score (nSPS) is 10.1. The molecule has 2 N–H and O–H groups in total. The summed E-state index contributed by atoms with van der Waals surface area (Å²) in [6.45, 7) is 3.12. The van der Waals surface area contributed by atoms with Crippen LogP contribution in [-0.4, -0.2) is 34.5 Å². The second-order valence-electron chi connectivity index (χ2n) is 2.96. The molecular formula is C8H15N5O. The maximum absolute atomic E-state index is 10.7.